The predicted molar refractivity (Wildman–Crippen MR) is 93.6 cm³/mol. The summed E-state index contributed by atoms with van der Waals surface area (Å²) in [6, 6.07) is 23.6. The monoisotopic (exact) mass is 298 g/mol. The highest BCUT2D eigenvalue weighted by atomic mass is 16.1. The van der Waals surface area contributed by atoms with Gasteiger partial charge in [-0.15, -0.1) is 0 Å². The molecule has 0 atom stereocenters. The normalized spacial score (nSPS) is 10.8. The fourth-order valence-corrected chi connectivity index (χ4v) is 2.82. The van der Waals surface area contributed by atoms with E-state index < -0.39 is 0 Å². The van der Waals surface area contributed by atoms with Gasteiger partial charge in [0.25, 0.3) is 5.91 Å². The quantitative estimate of drug-likeness (QED) is 0.548. The molecule has 0 fully saturated rings. The lowest BCUT2D eigenvalue weighted by Crippen LogP contribution is -2.13. The molecule has 3 nitrogen and oxygen atoms in total. The van der Waals surface area contributed by atoms with Gasteiger partial charge in [-0.3, -0.25) is 9.78 Å². The predicted octanol–water partition coefficient (Wildman–Crippen LogP) is 4.64. The van der Waals surface area contributed by atoms with Gasteiger partial charge in [0.2, 0.25) is 0 Å². The zero-order chi connectivity index (χ0) is 15.6. The van der Waals surface area contributed by atoms with Gasteiger partial charge in [-0.1, -0.05) is 54.6 Å². The minimum absolute atomic E-state index is 0.202. The number of hydrogen-bond acceptors (Lipinski definition) is 2. The molecule has 0 saturated carbocycles. The van der Waals surface area contributed by atoms with Crippen molar-refractivity contribution in [3.63, 3.8) is 0 Å². The van der Waals surface area contributed by atoms with E-state index in [1.165, 1.54) is 0 Å². The molecule has 1 amide bonds. The molecule has 1 aromatic heterocycles. The number of rotatable bonds is 2. The van der Waals surface area contributed by atoms with Gasteiger partial charge in [0.05, 0.1) is 5.69 Å². The zero-order valence-corrected chi connectivity index (χ0v) is 12.4. The van der Waals surface area contributed by atoms with Crippen molar-refractivity contribution in [1.82, 2.24) is 4.98 Å². The second-order valence-electron chi connectivity index (χ2n) is 5.36. The Morgan fingerprint density at radius 3 is 2.00 bits per heavy atom. The lowest BCUT2D eigenvalue weighted by molar-refractivity contribution is 0.102. The fraction of sp³-hybridized carbons (Fsp3) is 0. The van der Waals surface area contributed by atoms with Gasteiger partial charge in [-0.2, -0.15) is 0 Å². The molecule has 0 spiro atoms. The number of nitrogens with zero attached hydrogens (tertiary/aromatic N) is 1. The van der Waals surface area contributed by atoms with Gasteiger partial charge in [0.1, 0.15) is 5.69 Å². The van der Waals surface area contributed by atoms with E-state index in [1.54, 1.807) is 18.3 Å². The first-order valence-corrected chi connectivity index (χ1v) is 7.46. The van der Waals surface area contributed by atoms with E-state index in [0.29, 0.717) is 5.69 Å². The molecule has 3 heteroatoms. The molecule has 0 aliphatic carbocycles. The molecular formula is C20H14N2O. The largest absolute Gasteiger partial charge is 0.320 e. The third-order valence-electron chi connectivity index (χ3n) is 3.91. The number of nitrogens with one attached hydrogen (secondary N) is 1. The van der Waals surface area contributed by atoms with Crippen LogP contribution in [0.5, 0.6) is 0 Å². The van der Waals surface area contributed by atoms with Crippen LogP contribution in [0.25, 0.3) is 21.5 Å². The van der Waals surface area contributed by atoms with Gasteiger partial charge in [0, 0.05) is 17.0 Å². The van der Waals surface area contributed by atoms with E-state index >= 15 is 0 Å². The molecule has 0 unspecified atom stereocenters. The SMILES string of the molecule is O=C(Nc1c2ccccc2cc2ccccc12)c1ccccn1. The molecule has 0 aliphatic heterocycles. The highest BCUT2D eigenvalue weighted by molar-refractivity contribution is 6.17. The Morgan fingerprint density at radius 1 is 0.783 bits per heavy atom. The summed E-state index contributed by atoms with van der Waals surface area (Å²) < 4.78 is 0. The summed E-state index contributed by atoms with van der Waals surface area (Å²) in [5, 5.41) is 7.29. The summed E-state index contributed by atoms with van der Waals surface area (Å²) in [6.45, 7) is 0. The van der Waals surface area contributed by atoms with Gasteiger partial charge in [-0.05, 0) is 29.0 Å². The minimum Gasteiger partial charge on any atom is -0.320 e. The van der Waals surface area contributed by atoms with Crippen LogP contribution < -0.4 is 5.32 Å². The molecule has 0 bridgehead atoms. The first-order valence-electron chi connectivity index (χ1n) is 7.46. The van der Waals surface area contributed by atoms with Crippen LogP contribution >= 0.6 is 0 Å². The lowest BCUT2D eigenvalue weighted by Gasteiger charge is -2.12. The number of anilines is 1. The number of amides is 1. The Bertz CT molecular complexity index is 956. The van der Waals surface area contributed by atoms with Crippen LogP contribution in [0.4, 0.5) is 5.69 Å². The third-order valence-corrected chi connectivity index (χ3v) is 3.91. The van der Waals surface area contributed by atoms with E-state index in [1.807, 2.05) is 42.5 Å². The average Bonchev–Trinajstić information content (AvgIpc) is 2.62. The van der Waals surface area contributed by atoms with Crippen molar-refractivity contribution in [3.05, 3.63) is 84.7 Å². The first kappa shape index (κ1) is 13.5. The van der Waals surface area contributed by atoms with Crippen molar-refractivity contribution in [2.45, 2.75) is 0 Å². The minimum atomic E-state index is -0.202. The molecule has 23 heavy (non-hydrogen) atoms. The summed E-state index contributed by atoms with van der Waals surface area (Å²) in [6.07, 6.45) is 1.62. The van der Waals surface area contributed by atoms with Crippen LogP contribution in [-0.2, 0) is 0 Å². The molecule has 1 N–H and O–H groups in total. The van der Waals surface area contributed by atoms with Gasteiger partial charge in [0.15, 0.2) is 0 Å². The van der Waals surface area contributed by atoms with Crippen LogP contribution in [-0.4, -0.2) is 10.9 Å². The summed E-state index contributed by atoms with van der Waals surface area (Å²) in [7, 11) is 0. The van der Waals surface area contributed by atoms with Gasteiger partial charge >= 0.3 is 0 Å². The van der Waals surface area contributed by atoms with Crippen LogP contribution in [0.2, 0.25) is 0 Å². The van der Waals surface area contributed by atoms with Crippen LogP contribution in [0.1, 0.15) is 10.5 Å². The summed E-state index contributed by atoms with van der Waals surface area (Å²) in [5.41, 5.74) is 1.24. The number of carbonyl (C=O) groups is 1. The van der Waals surface area contributed by atoms with Crippen molar-refractivity contribution in [2.75, 3.05) is 5.32 Å². The standard InChI is InChI=1S/C20H14N2O/c23-20(18-11-5-6-12-21-18)22-19-16-9-3-1-7-14(16)13-15-8-2-4-10-17(15)19/h1-13H,(H,22,23). The Balaban J connectivity index is 1.91. The number of carbonyl (C=O) groups excluding carboxylic acids is 1. The Labute approximate surface area is 133 Å². The summed E-state index contributed by atoms with van der Waals surface area (Å²) in [5.74, 6) is -0.202. The number of pyridine rings is 1. The van der Waals surface area contributed by atoms with E-state index in [9.17, 15) is 4.79 Å². The van der Waals surface area contributed by atoms with Crippen LogP contribution in [0.3, 0.4) is 0 Å². The van der Waals surface area contributed by atoms with Crippen LogP contribution in [0, 0.1) is 0 Å². The highest BCUT2D eigenvalue weighted by Gasteiger charge is 2.12. The van der Waals surface area contributed by atoms with E-state index in [2.05, 4.69) is 28.5 Å². The van der Waals surface area contributed by atoms with Crippen molar-refractivity contribution in [1.29, 1.82) is 0 Å². The molecule has 4 rings (SSSR count). The Hall–Kier alpha value is -3.20. The summed E-state index contributed by atoms with van der Waals surface area (Å²) in [4.78, 5) is 16.7. The fourth-order valence-electron chi connectivity index (χ4n) is 2.82. The second kappa shape index (κ2) is 5.54. The molecule has 0 saturated heterocycles. The molecule has 110 valence electrons. The molecule has 3 aromatic carbocycles. The maximum atomic E-state index is 12.5. The molecule has 0 radical (unpaired) electrons. The van der Waals surface area contributed by atoms with Crippen molar-refractivity contribution < 1.29 is 4.79 Å². The number of aromatic nitrogens is 1. The van der Waals surface area contributed by atoms with E-state index in [-0.39, 0.29) is 5.91 Å². The lowest BCUT2D eigenvalue weighted by atomic mass is 10.0. The number of benzene rings is 3. The maximum Gasteiger partial charge on any atom is 0.274 e. The van der Waals surface area contributed by atoms with Crippen LogP contribution in [0.15, 0.2) is 79.0 Å². The second-order valence-corrected chi connectivity index (χ2v) is 5.36. The highest BCUT2D eigenvalue weighted by Crippen LogP contribution is 2.32. The van der Waals surface area contributed by atoms with Gasteiger partial charge < -0.3 is 5.32 Å². The molecular weight excluding hydrogens is 284 g/mol. The third kappa shape index (κ3) is 2.42. The summed E-state index contributed by atoms with van der Waals surface area (Å²) >= 11 is 0. The smallest absolute Gasteiger partial charge is 0.274 e. The molecule has 1 heterocycles. The maximum absolute atomic E-state index is 12.5. The Kier molecular flexibility index (Phi) is 3.24. The average molecular weight is 298 g/mol. The molecule has 0 aliphatic rings. The van der Waals surface area contributed by atoms with E-state index in [0.717, 1.165) is 27.2 Å². The molecule has 4 aromatic rings. The first-order chi connectivity index (χ1) is 11.3. The number of fused-ring (bicyclic) bond motifs is 2. The van der Waals surface area contributed by atoms with Crippen molar-refractivity contribution >= 4 is 33.1 Å². The van der Waals surface area contributed by atoms with Crippen molar-refractivity contribution in [2.24, 2.45) is 0 Å². The van der Waals surface area contributed by atoms with E-state index in [4.69, 9.17) is 0 Å². The Morgan fingerprint density at radius 2 is 1.39 bits per heavy atom. The number of hydrogen-bond donors (Lipinski definition) is 1. The van der Waals surface area contributed by atoms with Gasteiger partial charge in [-0.25, -0.2) is 0 Å². The zero-order valence-electron chi connectivity index (χ0n) is 12.4. The topological polar surface area (TPSA) is 42.0 Å². The van der Waals surface area contributed by atoms with Crippen molar-refractivity contribution in [3.8, 4) is 0 Å².